The van der Waals surface area contributed by atoms with Gasteiger partial charge in [0.15, 0.2) is 5.96 Å². The van der Waals surface area contributed by atoms with Crippen molar-refractivity contribution in [2.75, 3.05) is 39.9 Å². The second kappa shape index (κ2) is 6.98. The third-order valence-corrected chi connectivity index (χ3v) is 4.17. The van der Waals surface area contributed by atoms with Gasteiger partial charge >= 0.3 is 0 Å². The Balaban J connectivity index is 1.92. The van der Waals surface area contributed by atoms with Gasteiger partial charge in [-0.05, 0) is 31.6 Å². The van der Waals surface area contributed by atoms with E-state index in [1.807, 2.05) is 0 Å². The smallest absolute Gasteiger partial charge is 0.194 e. The van der Waals surface area contributed by atoms with E-state index in [9.17, 15) is 0 Å². The molecule has 1 aliphatic heterocycles. The van der Waals surface area contributed by atoms with E-state index in [-0.39, 0.29) is 0 Å². The lowest BCUT2D eigenvalue weighted by Gasteiger charge is -2.22. The number of hydrogen-bond acceptors (Lipinski definition) is 2. The molecule has 0 aromatic heterocycles. The fourth-order valence-corrected chi connectivity index (χ4v) is 3.25. The number of rotatable bonds is 4. The summed E-state index contributed by atoms with van der Waals surface area (Å²) in [5.74, 6) is 2.90. The Hall–Kier alpha value is -0.770. The summed E-state index contributed by atoms with van der Waals surface area (Å²) in [6, 6.07) is 0. The normalized spacial score (nSPS) is 28.3. The molecule has 0 radical (unpaired) electrons. The first-order chi connectivity index (χ1) is 8.85. The molecule has 0 spiro atoms. The lowest BCUT2D eigenvalue weighted by atomic mass is 9.82. The monoisotopic (exact) mass is 253 g/mol. The van der Waals surface area contributed by atoms with Crippen LogP contribution in [0, 0.1) is 11.8 Å². The van der Waals surface area contributed by atoms with E-state index in [4.69, 9.17) is 4.74 Å². The predicted octanol–water partition coefficient (Wildman–Crippen LogP) is 1.72. The van der Waals surface area contributed by atoms with Crippen LogP contribution in [-0.2, 0) is 4.74 Å². The van der Waals surface area contributed by atoms with Crippen molar-refractivity contribution in [1.82, 2.24) is 10.2 Å². The van der Waals surface area contributed by atoms with Gasteiger partial charge < -0.3 is 15.0 Å². The number of likely N-dealkylation sites (tertiary alicyclic amines) is 1. The minimum atomic E-state index is 0.704. The zero-order chi connectivity index (χ0) is 12.8. The summed E-state index contributed by atoms with van der Waals surface area (Å²) in [4.78, 5) is 7.11. The molecule has 2 fully saturated rings. The Morgan fingerprint density at radius 1 is 1.28 bits per heavy atom. The zero-order valence-corrected chi connectivity index (χ0v) is 11.8. The summed E-state index contributed by atoms with van der Waals surface area (Å²) >= 11 is 0. The van der Waals surface area contributed by atoms with Gasteiger partial charge in [-0.1, -0.05) is 12.8 Å². The van der Waals surface area contributed by atoms with E-state index in [0.29, 0.717) is 6.61 Å². The lowest BCUT2D eigenvalue weighted by Crippen LogP contribution is -2.40. The number of hydrogen-bond donors (Lipinski definition) is 1. The van der Waals surface area contributed by atoms with Crippen LogP contribution in [0.4, 0.5) is 0 Å². The van der Waals surface area contributed by atoms with Crippen LogP contribution >= 0.6 is 0 Å². The molecule has 4 nitrogen and oxygen atoms in total. The Kier molecular flexibility index (Phi) is 5.29. The Labute approximate surface area is 111 Å². The van der Waals surface area contributed by atoms with Crippen molar-refractivity contribution in [3.8, 4) is 0 Å². The molecule has 2 unspecified atom stereocenters. The molecule has 2 rings (SSSR count). The topological polar surface area (TPSA) is 36.9 Å². The molecule has 2 atom stereocenters. The molecule has 1 saturated heterocycles. The number of guanidine groups is 1. The van der Waals surface area contributed by atoms with Gasteiger partial charge in [-0.3, -0.25) is 4.99 Å². The van der Waals surface area contributed by atoms with Crippen molar-refractivity contribution in [3.63, 3.8) is 0 Å². The van der Waals surface area contributed by atoms with Crippen LogP contribution in [0.25, 0.3) is 0 Å². The van der Waals surface area contributed by atoms with Crippen LogP contribution in [-0.4, -0.2) is 50.8 Å². The van der Waals surface area contributed by atoms with Crippen molar-refractivity contribution in [3.05, 3.63) is 0 Å². The van der Waals surface area contributed by atoms with Crippen molar-refractivity contribution in [2.45, 2.75) is 32.6 Å². The number of nitrogens with zero attached hydrogens (tertiary/aromatic N) is 2. The third kappa shape index (κ3) is 3.37. The van der Waals surface area contributed by atoms with E-state index < -0.39 is 0 Å². The van der Waals surface area contributed by atoms with Crippen molar-refractivity contribution in [1.29, 1.82) is 0 Å². The Bertz CT molecular complexity index is 266. The van der Waals surface area contributed by atoms with E-state index >= 15 is 0 Å². The molecule has 1 aliphatic carbocycles. The summed E-state index contributed by atoms with van der Waals surface area (Å²) in [5.41, 5.74) is 0. The molecule has 4 heteroatoms. The number of fused-ring (bicyclic) bond motifs is 1. The average molecular weight is 253 g/mol. The average Bonchev–Trinajstić information content (AvgIpc) is 2.81. The van der Waals surface area contributed by atoms with E-state index in [0.717, 1.165) is 30.9 Å². The molecule has 0 amide bonds. The summed E-state index contributed by atoms with van der Waals surface area (Å²) in [6.07, 6.45) is 5.68. The molecule has 0 aromatic carbocycles. The highest BCUT2D eigenvalue weighted by atomic mass is 16.5. The van der Waals surface area contributed by atoms with Crippen LogP contribution in [0.5, 0.6) is 0 Å². The molecular weight excluding hydrogens is 226 g/mol. The molecule has 2 aliphatic rings. The number of methoxy groups -OCH3 is 1. The van der Waals surface area contributed by atoms with Gasteiger partial charge in [0.1, 0.15) is 0 Å². The van der Waals surface area contributed by atoms with Gasteiger partial charge in [0.05, 0.1) is 13.2 Å². The first kappa shape index (κ1) is 13.7. The maximum atomic E-state index is 5.07. The molecule has 1 saturated carbocycles. The van der Waals surface area contributed by atoms with Crippen LogP contribution in [0.3, 0.4) is 0 Å². The van der Waals surface area contributed by atoms with Crippen molar-refractivity contribution < 1.29 is 4.74 Å². The lowest BCUT2D eigenvalue weighted by molar-refractivity contribution is 0.207. The molecular formula is C14H27N3O. The standard InChI is InChI=1S/C14H27N3O/c1-3-15-14(16-8-9-18-2)17-10-12-6-4-5-7-13(12)11-17/h12-13H,3-11H2,1-2H3,(H,15,16). The maximum Gasteiger partial charge on any atom is 0.194 e. The summed E-state index contributed by atoms with van der Waals surface area (Å²) in [6.45, 7) is 6.93. The Morgan fingerprint density at radius 2 is 1.94 bits per heavy atom. The van der Waals surface area contributed by atoms with E-state index in [1.54, 1.807) is 7.11 Å². The quantitative estimate of drug-likeness (QED) is 0.471. The minimum absolute atomic E-state index is 0.704. The van der Waals surface area contributed by atoms with Gasteiger partial charge in [-0.15, -0.1) is 0 Å². The molecule has 0 aromatic rings. The molecule has 1 N–H and O–H groups in total. The van der Waals surface area contributed by atoms with Crippen LogP contribution in [0.15, 0.2) is 4.99 Å². The number of aliphatic imine (C=N–C) groups is 1. The first-order valence-electron chi connectivity index (χ1n) is 7.37. The third-order valence-electron chi connectivity index (χ3n) is 4.17. The molecule has 18 heavy (non-hydrogen) atoms. The van der Waals surface area contributed by atoms with Crippen LogP contribution < -0.4 is 5.32 Å². The fourth-order valence-electron chi connectivity index (χ4n) is 3.25. The van der Waals surface area contributed by atoms with Gasteiger partial charge in [-0.25, -0.2) is 0 Å². The van der Waals surface area contributed by atoms with E-state index in [2.05, 4.69) is 22.1 Å². The zero-order valence-electron chi connectivity index (χ0n) is 11.8. The summed E-state index contributed by atoms with van der Waals surface area (Å²) in [5, 5.41) is 3.41. The summed E-state index contributed by atoms with van der Waals surface area (Å²) < 4.78 is 5.07. The molecule has 0 bridgehead atoms. The van der Waals surface area contributed by atoms with Gasteiger partial charge in [-0.2, -0.15) is 0 Å². The molecule has 1 heterocycles. The van der Waals surface area contributed by atoms with Crippen LogP contribution in [0.2, 0.25) is 0 Å². The Morgan fingerprint density at radius 3 is 2.50 bits per heavy atom. The fraction of sp³-hybridized carbons (Fsp3) is 0.929. The highest BCUT2D eigenvalue weighted by Crippen LogP contribution is 2.35. The number of nitrogens with one attached hydrogen (secondary N) is 1. The van der Waals surface area contributed by atoms with Gasteiger partial charge in [0, 0.05) is 26.7 Å². The van der Waals surface area contributed by atoms with E-state index in [1.165, 1.54) is 38.8 Å². The SMILES string of the molecule is CCNC(=NCCOC)N1CC2CCCCC2C1. The van der Waals surface area contributed by atoms with Crippen molar-refractivity contribution in [2.24, 2.45) is 16.8 Å². The van der Waals surface area contributed by atoms with Crippen LogP contribution in [0.1, 0.15) is 32.6 Å². The minimum Gasteiger partial charge on any atom is -0.383 e. The second-order valence-corrected chi connectivity index (χ2v) is 5.44. The van der Waals surface area contributed by atoms with Gasteiger partial charge in [0.2, 0.25) is 0 Å². The molecule has 104 valence electrons. The first-order valence-corrected chi connectivity index (χ1v) is 7.37. The maximum absolute atomic E-state index is 5.07. The highest BCUT2D eigenvalue weighted by Gasteiger charge is 2.35. The largest absolute Gasteiger partial charge is 0.383 e. The summed E-state index contributed by atoms with van der Waals surface area (Å²) in [7, 11) is 1.73. The second-order valence-electron chi connectivity index (χ2n) is 5.44. The van der Waals surface area contributed by atoms with Crippen molar-refractivity contribution >= 4 is 5.96 Å². The van der Waals surface area contributed by atoms with Gasteiger partial charge in [0.25, 0.3) is 0 Å². The number of ether oxygens (including phenoxy) is 1. The highest BCUT2D eigenvalue weighted by molar-refractivity contribution is 5.80. The predicted molar refractivity (Wildman–Crippen MR) is 74.9 cm³/mol.